The average molecular weight is 343 g/mol. The van der Waals surface area contributed by atoms with Crippen molar-refractivity contribution in [2.45, 2.75) is 13.0 Å². The Morgan fingerprint density at radius 1 is 1.40 bits per heavy atom. The summed E-state index contributed by atoms with van der Waals surface area (Å²) in [6, 6.07) is 8.01. The van der Waals surface area contributed by atoms with Crippen LogP contribution in [0.4, 0.5) is 0 Å². The van der Waals surface area contributed by atoms with Crippen LogP contribution in [0.3, 0.4) is 0 Å². The van der Waals surface area contributed by atoms with Gasteiger partial charge in [-0.3, -0.25) is 10.00 Å². The van der Waals surface area contributed by atoms with Crippen LogP contribution in [0.1, 0.15) is 12.0 Å². The minimum atomic E-state index is -0.0950. The topological polar surface area (TPSA) is 70.6 Å². The Labute approximate surface area is 147 Å². The SMILES string of the molecule is COc1ccc(-c2[nH]ncc2CN2C[C@@H]3CCOC[C@]3(CO)C2)cc1. The standard InChI is InChI=1S/C19H25N3O3/c1-24-17-4-2-14(3-5-17)18-15(8-20-21-18)9-22-10-16-6-7-25-13-19(16,11-22)12-23/h2-5,8,16,23H,6-7,9-13H2,1H3,(H,20,21)/t16-,19+/m0/s1. The molecular weight excluding hydrogens is 318 g/mol. The quantitative estimate of drug-likeness (QED) is 0.868. The highest BCUT2D eigenvalue weighted by Gasteiger charge is 2.48. The van der Waals surface area contributed by atoms with Crippen LogP contribution < -0.4 is 4.74 Å². The van der Waals surface area contributed by atoms with Crippen molar-refractivity contribution in [2.75, 3.05) is 40.0 Å². The van der Waals surface area contributed by atoms with Gasteiger partial charge in [0.15, 0.2) is 0 Å². The molecule has 3 heterocycles. The van der Waals surface area contributed by atoms with Gasteiger partial charge in [-0.25, -0.2) is 0 Å². The second kappa shape index (κ2) is 6.78. The van der Waals surface area contributed by atoms with E-state index in [-0.39, 0.29) is 12.0 Å². The van der Waals surface area contributed by atoms with Gasteiger partial charge in [-0.15, -0.1) is 0 Å². The van der Waals surface area contributed by atoms with Crippen LogP contribution in [0.15, 0.2) is 30.5 Å². The lowest BCUT2D eigenvalue weighted by molar-refractivity contribution is -0.0561. The number of nitrogens with zero attached hydrogens (tertiary/aromatic N) is 2. The summed E-state index contributed by atoms with van der Waals surface area (Å²) < 4.78 is 10.9. The average Bonchev–Trinajstić information content (AvgIpc) is 3.26. The van der Waals surface area contributed by atoms with Gasteiger partial charge in [0.1, 0.15) is 5.75 Å². The third kappa shape index (κ3) is 3.05. The molecule has 25 heavy (non-hydrogen) atoms. The Morgan fingerprint density at radius 3 is 2.96 bits per heavy atom. The monoisotopic (exact) mass is 343 g/mol. The molecule has 2 saturated heterocycles. The third-order valence-corrected chi connectivity index (χ3v) is 5.69. The van der Waals surface area contributed by atoms with Gasteiger partial charge in [-0.2, -0.15) is 5.10 Å². The summed E-state index contributed by atoms with van der Waals surface area (Å²) in [6.45, 7) is 4.39. The molecule has 0 saturated carbocycles. The lowest BCUT2D eigenvalue weighted by Gasteiger charge is -2.36. The van der Waals surface area contributed by atoms with Crippen molar-refractivity contribution in [3.05, 3.63) is 36.0 Å². The zero-order valence-electron chi connectivity index (χ0n) is 14.6. The van der Waals surface area contributed by atoms with Crippen molar-refractivity contribution in [3.8, 4) is 17.0 Å². The number of aromatic amines is 1. The number of hydrogen-bond donors (Lipinski definition) is 2. The van der Waals surface area contributed by atoms with Crippen LogP contribution in [-0.2, 0) is 11.3 Å². The number of fused-ring (bicyclic) bond motifs is 1. The number of rotatable bonds is 5. The molecule has 0 bridgehead atoms. The maximum absolute atomic E-state index is 9.94. The Kier molecular flexibility index (Phi) is 4.50. The Bertz CT molecular complexity index is 715. The Hall–Kier alpha value is -1.89. The van der Waals surface area contributed by atoms with Crippen LogP contribution in [0.2, 0.25) is 0 Å². The van der Waals surface area contributed by atoms with Crippen molar-refractivity contribution in [1.29, 1.82) is 0 Å². The van der Waals surface area contributed by atoms with Crippen molar-refractivity contribution < 1.29 is 14.6 Å². The van der Waals surface area contributed by atoms with Crippen molar-refractivity contribution in [2.24, 2.45) is 11.3 Å². The minimum Gasteiger partial charge on any atom is -0.497 e. The fourth-order valence-corrected chi connectivity index (χ4v) is 4.23. The number of ether oxygens (including phenoxy) is 2. The second-order valence-corrected chi connectivity index (χ2v) is 7.23. The first-order chi connectivity index (χ1) is 12.2. The van der Waals surface area contributed by atoms with Crippen molar-refractivity contribution in [1.82, 2.24) is 15.1 Å². The molecule has 134 valence electrons. The highest BCUT2D eigenvalue weighted by atomic mass is 16.5. The molecule has 0 spiro atoms. The number of H-pyrrole nitrogens is 1. The molecule has 6 heteroatoms. The molecule has 2 fully saturated rings. The normalized spacial score (nSPS) is 26.6. The highest BCUT2D eigenvalue weighted by Crippen LogP contribution is 2.41. The fourth-order valence-electron chi connectivity index (χ4n) is 4.23. The van der Waals surface area contributed by atoms with Gasteiger partial charge in [-0.1, -0.05) is 0 Å². The van der Waals surface area contributed by atoms with Gasteiger partial charge < -0.3 is 14.6 Å². The first-order valence-corrected chi connectivity index (χ1v) is 8.82. The van der Waals surface area contributed by atoms with Crippen LogP contribution in [0.5, 0.6) is 5.75 Å². The number of hydrogen-bond acceptors (Lipinski definition) is 5. The highest BCUT2D eigenvalue weighted by molar-refractivity contribution is 5.63. The maximum Gasteiger partial charge on any atom is 0.118 e. The van der Waals surface area contributed by atoms with E-state index >= 15 is 0 Å². The zero-order valence-corrected chi connectivity index (χ0v) is 14.6. The Balaban J connectivity index is 1.51. The number of aromatic nitrogens is 2. The predicted octanol–water partition coefficient (Wildman–Crippen LogP) is 1.92. The number of benzene rings is 1. The smallest absolute Gasteiger partial charge is 0.118 e. The molecule has 0 aliphatic carbocycles. The molecule has 2 atom stereocenters. The van der Waals surface area contributed by atoms with Gasteiger partial charge in [0.25, 0.3) is 0 Å². The predicted molar refractivity (Wildman–Crippen MR) is 94.3 cm³/mol. The molecule has 1 aromatic carbocycles. The van der Waals surface area contributed by atoms with Crippen LogP contribution >= 0.6 is 0 Å². The van der Waals surface area contributed by atoms with E-state index in [0.29, 0.717) is 12.5 Å². The van der Waals surface area contributed by atoms with E-state index in [9.17, 15) is 5.11 Å². The number of nitrogens with one attached hydrogen (secondary N) is 1. The van der Waals surface area contributed by atoms with Crippen molar-refractivity contribution in [3.63, 3.8) is 0 Å². The number of likely N-dealkylation sites (tertiary alicyclic amines) is 1. The first-order valence-electron chi connectivity index (χ1n) is 8.82. The van der Waals surface area contributed by atoms with Gasteiger partial charge in [0.2, 0.25) is 0 Å². The molecule has 6 nitrogen and oxygen atoms in total. The van der Waals surface area contributed by atoms with Crippen LogP contribution in [0, 0.1) is 11.3 Å². The van der Waals surface area contributed by atoms with E-state index < -0.39 is 0 Å². The first kappa shape index (κ1) is 16.6. The number of aliphatic hydroxyl groups excluding tert-OH is 1. The van der Waals surface area contributed by atoms with E-state index in [1.165, 1.54) is 5.56 Å². The molecule has 4 rings (SSSR count). The molecule has 2 aliphatic rings. The summed E-state index contributed by atoms with van der Waals surface area (Å²) in [5.41, 5.74) is 3.23. The molecule has 0 amide bonds. The van der Waals surface area contributed by atoms with Gasteiger partial charge >= 0.3 is 0 Å². The largest absolute Gasteiger partial charge is 0.497 e. The van der Waals surface area contributed by atoms with Gasteiger partial charge in [-0.05, 0) is 36.6 Å². The van der Waals surface area contributed by atoms with Gasteiger partial charge in [0, 0.05) is 42.8 Å². The van der Waals surface area contributed by atoms with Crippen LogP contribution in [-0.4, -0.2) is 60.2 Å². The van der Waals surface area contributed by atoms with E-state index in [1.807, 2.05) is 30.5 Å². The Morgan fingerprint density at radius 2 is 2.24 bits per heavy atom. The summed E-state index contributed by atoms with van der Waals surface area (Å²) in [5, 5.41) is 17.3. The number of methoxy groups -OCH3 is 1. The molecule has 0 radical (unpaired) electrons. The molecule has 2 aromatic rings. The van der Waals surface area contributed by atoms with E-state index in [4.69, 9.17) is 9.47 Å². The fraction of sp³-hybridized carbons (Fsp3) is 0.526. The van der Waals surface area contributed by atoms with Crippen molar-refractivity contribution >= 4 is 0 Å². The van der Waals surface area contributed by atoms with E-state index in [0.717, 1.165) is 49.7 Å². The molecule has 0 unspecified atom stereocenters. The molecule has 2 N–H and O–H groups in total. The maximum atomic E-state index is 9.94. The summed E-state index contributed by atoms with van der Waals surface area (Å²) in [7, 11) is 1.67. The van der Waals surface area contributed by atoms with Crippen LogP contribution in [0.25, 0.3) is 11.3 Å². The summed E-state index contributed by atoms with van der Waals surface area (Å²) in [6.07, 6.45) is 2.94. The summed E-state index contributed by atoms with van der Waals surface area (Å²) >= 11 is 0. The molecule has 2 aliphatic heterocycles. The second-order valence-electron chi connectivity index (χ2n) is 7.23. The molecule has 1 aromatic heterocycles. The minimum absolute atomic E-state index is 0.0950. The summed E-state index contributed by atoms with van der Waals surface area (Å²) in [4.78, 5) is 2.42. The zero-order chi connectivity index (χ0) is 17.3. The van der Waals surface area contributed by atoms with E-state index in [1.54, 1.807) is 7.11 Å². The summed E-state index contributed by atoms with van der Waals surface area (Å²) in [5.74, 6) is 1.36. The molecular formula is C19H25N3O3. The lowest BCUT2D eigenvalue weighted by atomic mass is 9.76. The number of aliphatic hydroxyl groups is 1. The lowest BCUT2D eigenvalue weighted by Crippen LogP contribution is -2.42. The van der Waals surface area contributed by atoms with E-state index in [2.05, 4.69) is 15.1 Å². The third-order valence-electron chi connectivity index (χ3n) is 5.69. The van der Waals surface area contributed by atoms with Gasteiger partial charge in [0.05, 0.1) is 32.2 Å².